The highest BCUT2D eigenvalue weighted by Gasteiger charge is 2.80. The van der Waals surface area contributed by atoms with E-state index in [9.17, 15) is 31.5 Å². The lowest BCUT2D eigenvalue weighted by Gasteiger charge is -2.40. The van der Waals surface area contributed by atoms with E-state index in [-0.39, 0.29) is 12.3 Å². The fourth-order valence-corrected chi connectivity index (χ4v) is 3.05. The summed E-state index contributed by atoms with van der Waals surface area (Å²) >= 11 is 0. The second-order valence-corrected chi connectivity index (χ2v) is 12.0. The normalized spacial score (nSPS) is 16.6. The molecular weight excluding hydrogens is 395 g/mol. The highest BCUT2D eigenvalue weighted by atomic mass is 28.4. The van der Waals surface area contributed by atoms with E-state index < -0.39 is 50.7 Å². The molecule has 0 bridgehead atoms. The first-order chi connectivity index (χ1) is 11.9. The van der Waals surface area contributed by atoms with E-state index in [1.807, 2.05) is 0 Å². The molecule has 0 fully saturated rings. The Kier molecular flexibility index (Phi) is 8.44. The van der Waals surface area contributed by atoms with Gasteiger partial charge in [-0.3, -0.25) is 0 Å². The van der Waals surface area contributed by atoms with Gasteiger partial charge in [-0.25, -0.2) is 9.59 Å². The van der Waals surface area contributed by atoms with Crippen molar-refractivity contribution in [1.29, 1.82) is 0 Å². The molecule has 2 atom stereocenters. The Morgan fingerprint density at radius 3 is 1.78 bits per heavy atom. The summed E-state index contributed by atoms with van der Waals surface area (Å²) in [5.74, 6) is -10.5. The zero-order valence-electron chi connectivity index (χ0n) is 16.5. The average molecular weight is 422 g/mol. The smallest absolute Gasteiger partial charge is 0.457 e. The second-order valence-electron chi connectivity index (χ2n) is 7.58. The first-order valence-corrected chi connectivity index (χ1v) is 11.9. The summed E-state index contributed by atoms with van der Waals surface area (Å²) in [6.07, 6.45) is -7.13. The minimum absolute atomic E-state index is 0.132. The van der Waals surface area contributed by atoms with Gasteiger partial charge in [0.15, 0.2) is 8.32 Å². The number of ether oxygens (including phenoxy) is 2. The largest absolute Gasteiger partial charge is 0.463 e. The lowest BCUT2D eigenvalue weighted by Crippen LogP contribution is -2.70. The number of carbonyl (C=O) groups excluding carboxylic acids is 2. The summed E-state index contributed by atoms with van der Waals surface area (Å²) in [6, 6.07) is 0. The molecule has 0 saturated carbocycles. The molecule has 0 aliphatic heterocycles. The van der Waals surface area contributed by atoms with Crippen LogP contribution in [0.25, 0.3) is 0 Å². The number of esters is 2. The van der Waals surface area contributed by atoms with Crippen LogP contribution in [-0.4, -0.2) is 50.7 Å². The van der Waals surface area contributed by atoms with E-state index in [2.05, 4.69) is 4.74 Å². The standard InChI is InChI=1S/C16H27F5O5Si/c1-8-11(4)25-13(23)14(26-27(5,6)7,12(22)24-9-10(2)3)15(17,18)16(19,20)21/h10-11H,8-9H2,1-7H3. The third-order valence-corrected chi connectivity index (χ3v) is 4.18. The van der Waals surface area contributed by atoms with Gasteiger partial charge >= 0.3 is 29.6 Å². The highest BCUT2D eigenvalue weighted by molar-refractivity contribution is 6.70. The van der Waals surface area contributed by atoms with E-state index in [1.165, 1.54) is 33.5 Å². The molecule has 0 radical (unpaired) electrons. The lowest BCUT2D eigenvalue weighted by atomic mass is 9.94. The van der Waals surface area contributed by atoms with Crippen molar-refractivity contribution in [3.63, 3.8) is 0 Å². The number of hydrogen-bond acceptors (Lipinski definition) is 5. The number of rotatable bonds is 9. The van der Waals surface area contributed by atoms with Crippen molar-refractivity contribution in [2.45, 2.75) is 77.6 Å². The third kappa shape index (κ3) is 6.13. The maximum Gasteiger partial charge on any atom is 0.457 e. The number of hydrogen-bond donors (Lipinski definition) is 0. The molecule has 0 aromatic heterocycles. The molecule has 0 aliphatic rings. The fourth-order valence-electron chi connectivity index (χ4n) is 1.84. The maximum atomic E-state index is 14.5. The average Bonchev–Trinajstić information content (AvgIpc) is 2.47. The van der Waals surface area contributed by atoms with Gasteiger partial charge in [0, 0.05) is 0 Å². The van der Waals surface area contributed by atoms with Gasteiger partial charge in [0.2, 0.25) is 0 Å². The van der Waals surface area contributed by atoms with Crippen molar-refractivity contribution >= 4 is 20.3 Å². The minimum Gasteiger partial charge on any atom is -0.463 e. The van der Waals surface area contributed by atoms with Crippen LogP contribution in [0.5, 0.6) is 0 Å². The first-order valence-electron chi connectivity index (χ1n) is 8.45. The van der Waals surface area contributed by atoms with Crippen LogP contribution in [0.1, 0.15) is 34.1 Å². The molecule has 0 aromatic carbocycles. The molecule has 0 aliphatic carbocycles. The minimum atomic E-state index is -6.25. The molecule has 27 heavy (non-hydrogen) atoms. The molecule has 0 N–H and O–H groups in total. The summed E-state index contributed by atoms with van der Waals surface area (Å²) in [5.41, 5.74) is -4.27. The predicted molar refractivity (Wildman–Crippen MR) is 89.8 cm³/mol. The Morgan fingerprint density at radius 2 is 1.44 bits per heavy atom. The molecule has 5 nitrogen and oxygen atoms in total. The summed E-state index contributed by atoms with van der Waals surface area (Å²) in [4.78, 5) is 24.9. The summed E-state index contributed by atoms with van der Waals surface area (Å²) in [6.45, 7) is 9.24. The molecule has 0 aromatic rings. The van der Waals surface area contributed by atoms with E-state index in [0.29, 0.717) is 0 Å². The van der Waals surface area contributed by atoms with Crippen LogP contribution in [0.4, 0.5) is 22.0 Å². The van der Waals surface area contributed by atoms with Crippen molar-refractivity contribution in [2.24, 2.45) is 5.92 Å². The third-order valence-electron chi connectivity index (χ3n) is 3.26. The Balaban J connectivity index is 6.55. The van der Waals surface area contributed by atoms with Crippen molar-refractivity contribution in [2.75, 3.05) is 6.61 Å². The van der Waals surface area contributed by atoms with Gasteiger partial charge < -0.3 is 13.9 Å². The van der Waals surface area contributed by atoms with Crippen LogP contribution >= 0.6 is 0 Å². The number of halogens is 5. The van der Waals surface area contributed by atoms with E-state index in [4.69, 9.17) is 9.16 Å². The maximum absolute atomic E-state index is 14.5. The molecule has 0 amide bonds. The van der Waals surface area contributed by atoms with Gasteiger partial charge in [0.25, 0.3) is 0 Å². The van der Waals surface area contributed by atoms with Gasteiger partial charge in [0.1, 0.15) is 0 Å². The van der Waals surface area contributed by atoms with Crippen LogP contribution in [0, 0.1) is 5.92 Å². The quantitative estimate of drug-likeness (QED) is 0.240. The number of alkyl halides is 5. The Morgan fingerprint density at radius 1 is 0.963 bits per heavy atom. The highest BCUT2D eigenvalue weighted by Crippen LogP contribution is 2.48. The second kappa shape index (κ2) is 8.85. The Bertz CT molecular complexity index is 530. The van der Waals surface area contributed by atoms with Crippen molar-refractivity contribution in [3.8, 4) is 0 Å². The molecular formula is C16H27F5O5Si. The summed E-state index contributed by atoms with van der Waals surface area (Å²) in [7, 11) is -3.31. The molecule has 2 unspecified atom stereocenters. The van der Waals surface area contributed by atoms with Crippen LogP contribution in [-0.2, 0) is 23.5 Å². The van der Waals surface area contributed by atoms with Gasteiger partial charge in [-0.2, -0.15) is 22.0 Å². The SMILES string of the molecule is CCC(C)OC(=O)C(O[Si](C)(C)C)(C(=O)OCC(C)C)C(F)(F)C(F)(F)F. The molecule has 0 heterocycles. The van der Waals surface area contributed by atoms with E-state index in [1.54, 1.807) is 13.8 Å². The van der Waals surface area contributed by atoms with Crippen LogP contribution < -0.4 is 0 Å². The van der Waals surface area contributed by atoms with Crippen molar-refractivity contribution < 1.29 is 45.4 Å². The Hall–Kier alpha value is -1.23. The zero-order chi connectivity index (χ0) is 21.8. The fraction of sp³-hybridized carbons (Fsp3) is 0.875. The lowest BCUT2D eigenvalue weighted by molar-refractivity contribution is -0.330. The van der Waals surface area contributed by atoms with Crippen LogP contribution in [0.3, 0.4) is 0 Å². The van der Waals surface area contributed by atoms with Crippen LogP contribution in [0.15, 0.2) is 0 Å². The van der Waals surface area contributed by atoms with Gasteiger partial charge in [-0.05, 0) is 38.9 Å². The zero-order valence-corrected chi connectivity index (χ0v) is 17.5. The molecule has 0 saturated heterocycles. The molecule has 0 spiro atoms. The monoisotopic (exact) mass is 422 g/mol. The van der Waals surface area contributed by atoms with Gasteiger partial charge in [-0.1, -0.05) is 20.8 Å². The summed E-state index contributed by atoms with van der Waals surface area (Å²) < 4.78 is 82.9. The van der Waals surface area contributed by atoms with Gasteiger partial charge in [-0.15, -0.1) is 0 Å². The van der Waals surface area contributed by atoms with Crippen molar-refractivity contribution in [3.05, 3.63) is 0 Å². The topological polar surface area (TPSA) is 61.8 Å². The summed E-state index contributed by atoms with van der Waals surface area (Å²) in [5, 5.41) is 0. The van der Waals surface area contributed by atoms with Crippen LogP contribution in [0.2, 0.25) is 19.6 Å². The first kappa shape index (κ1) is 25.8. The molecule has 11 heteroatoms. The van der Waals surface area contributed by atoms with E-state index in [0.717, 1.165) is 0 Å². The van der Waals surface area contributed by atoms with Crippen molar-refractivity contribution in [1.82, 2.24) is 0 Å². The Labute approximate surface area is 156 Å². The number of carbonyl (C=O) groups is 2. The molecule has 160 valence electrons. The molecule has 0 rings (SSSR count). The van der Waals surface area contributed by atoms with E-state index >= 15 is 0 Å². The predicted octanol–water partition coefficient (Wildman–Crippen LogP) is 4.32. The van der Waals surface area contributed by atoms with Gasteiger partial charge in [0.05, 0.1) is 12.7 Å².